The summed E-state index contributed by atoms with van der Waals surface area (Å²) in [5, 5.41) is 5.71. The molecule has 6 nitrogen and oxygen atoms in total. The molecule has 0 bridgehead atoms. The molecule has 1 fully saturated rings. The highest BCUT2D eigenvalue weighted by atomic mass is 16.6. The van der Waals surface area contributed by atoms with Gasteiger partial charge in [0.2, 0.25) is 0 Å². The maximum atomic E-state index is 11.7. The average molecular weight is 292 g/mol. The zero-order chi connectivity index (χ0) is 14.5. The van der Waals surface area contributed by atoms with Gasteiger partial charge in [-0.1, -0.05) is 6.07 Å². The minimum Gasteiger partial charge on any atom is -0.486 e. The monoisotopic (exact) mass is 292 g/mol. The summed E-state index contributed by atoms with van der Waals surface area (Å²) in [6.45, 7) is 3.80. The number of amides is 2. The fraction of sp³-hybridized carbons (Fsp3) is 0.533. The molecule has 1 aromatic carbocycles. The Bertz CT molecular complexity index is 500. The fourth-order valence-corrected chi connectivity index (χ4v) is 2.42. The Kier molecular flexibility index (Phi) is 4.45. The second-order valence-corrected chi connectivity index (χ2v) is 5.27. The third-order valence-corrected chi connectivity index (χ3v) is 3.63. The van der Waals surface area contributed by atoms with Crippen molar-refractivity contribution in [3.05, 3.63) is 23.8 Å². The van der Waals surface area contributed by atoms with Crippen LogP contribution in [0.25, 0.3) is 0 Å². The number of benzene rings is 1. The van der Waals surface area contributed by atoms with Gasteiger partial charge in [0.1, 0.15) is 13.2 Å². The summed E-state index contributed by atoms with van der Waals surface area (Å²) in [6, 6.07) is 5.55. The molecule has 0 radical (unpaired) electrons. The molecule has 0 aromatic heterocycles. The molecule has 1 atom stereocenters. The van der Waals surface area contributed by atoms with Crippen molar-refractivity contribution in [3.8, 4) is 11.5 Å². The largest absolute Gasteiger partial charge is 0.486 e. The number of fused-ring (bicyclic) bond motifs is 1. The van der Waals surface area contributed by atoms with Crippen LogP contribution in [0.4, 0.5) is 4.79 Å². The molecule has 2 aliphatic rings. The van der Waals surface area contributed by atoms with Crippen LogP contribution in [0.1, 0.15) is 12.0 Å². The van der Waals surface area contributed by atoms with Gasteiger partial charge in [-0.2, -0.15) is 0 Å². The molecule has 6 heteroatoms. The van der Waals surface area contributed by atoms with E-state index in [1.165, 1.54) is 0 Å². The van der Waals surface area contributed by atoms with Gasteiger partial charge < -0.3 is 24.8 Å². The molecule has 2 N–H and O–H groups in total. The number of ether oxygens (including phenoxy) is 3. The van der Waals surface area contributed by atoms with Crippen molar-refractivity contribution in [1.29, 1.82) is 0 Å². The van der Waals surface area contributed by atoms with E-state index >= 15 is 0 Å². The minimum atomic E-state index is -0.156. The normalized spacial score (nSPS) is 20.1. The second kappa shape index (κ2) is 6.67. The van der Waals surface area contributed by atoms with E-state index in [0.29, 0.717) is 32.2 Å². The first-order valence-corrected chi connectivity index (χ1v) is 7.29. The van der Waals surface area contributed by atoms with Crippen LogP contribution in [-0.2, 0) is 11.3 Å². The second-order valence-electron chi connectivity index (χ2n) is 5.27. The Balaban J connectivity index is 1.44. The average Bonchev–Trinajstić information content (AvgIpc) is 3.04. The van der Waals surface area contributed by atoms with Crippen molar-refractivity contribution in [1.82, 2.24) is 10.6 Å². The number of hydrogen-bond donors (Lipinski definition) is 2. The van der Waals surface area contributed by atoms with E-state index in [0.717, 1.165) is 36.7 Å². The number of hydrogen-bond acceptors (Lipinski definition) is 4. The van der Waals surface area contributed by atoms with Crippen molar-refractivity contribution in [2.45, 2.75) is 13.0 Å². The van der Waals surface area contributed by atoms with Crippen LogP contribution in [0.3, 0.4) is 0 Å². The number of nitrogens with one attached hydrogen (secondary N) is 2. The summed E-state index contributed by atoms with van der Waals surface area (Å²) in [4.78, 5) is 11.7. The van der Waals surface area contributed by atoms with Gasteiger partial charge in [0.15, 0.2) is 11.5 Å². The van der Waals surface area contributed by atoms with Crippen molar-refractivity contribution >= 4 is 6.03 Å². The fourth-order valence-electron chi connectivity index (χ4n) is 2.42. The highest BCUT2D eigenvalue weighted by Crippen LogP contribution is 2.30. The summed E-state index contributed by atoms with van der Waals surface area (Å²) in [5.41, 5.74) is 0.985. The Morgan fingerprint density at radius 3 is 2.81 bits per heavy atom. The minimum absolute atomic E-state index is 0.156. The van der Waals surface area contributed by atoms with Crippen LogP contribution in [0.2, 0.25) is 0 Å². The quantitative estimate of drug-likeness (QED) is 0.877. The zero-order valence-corrected chi connectivity index (χ0v) is 11.9. The lowest BCUT2D eigenvalue weighted by atomic mass is 10.1. The Morgan fingerprint density at radius 2 is 2.00 bits per heavy atom. The maximum absolute atomic E-state index is 11.7. The van der Waals surface area contributed by atoms with Gasteiger partial charge in [0.25, 0.3) is 0 Å². The Morgan fingerprint density at radius 1 is 1.14 bits per heavy atom. The predicted molar refractivity (Wildman–Crippen MR) is 76.6 cm³/mol. The number of urea groups is 1. The topological polar surface area (TPSA) is 68.8 Å². The summed E-state index contributed by atoms with van der Waals surface area (Å²) < 4.78 is 16.3. The van der Waals surface area contributed by atoms with Gasteiger partial charge in [-0.3, -0.25) is 0 Å². The van der Waals surface area contributed by atoms with E-state index in [-0.39, 0.29) is 6.03 Å². The number of rotatable bonds is 4. The summed E-state index contributed by atoms with van der Waals surface area (Å²) in [6.07, 6.45) is 1.02. The molecule has 0 aliphatic carbocycles. The number of carbonyl (C=O) groups is 1. The molecule has 1 aromatic rings. The van der Waals surface area contributed by atoms with Gasteiger partial charge in [-0.25, -0.2) is 4.79 Å². The first kappa shape index (κ1) is 14.0. The molecule has 2 amide bonds. The Labute approximate surface area is 123 Å². The molecular formula is C15H20N2O4. The van der Waals surface area contributed by atoms with Gasteiger partial charge in [0.05, 0.1) is 6.61 Å². The lowest BCUT2D eigenvalue weighted by Crippen LogP contribution is -2.38. The molecule has 114 valence electrons. The standard InChI is InChI=1S/C15H20N2O4/c18-15(17-9-12-3-4-19-10-12)16-8-11-1-2-13-14(7-11)21-6-5-20-13/h1-2,7,12H,3-6,8-10H2,(H2,16,17,18)/t12-/m1/s1. The van der Waals surface area contributed by atoms with Crippen molar-refractivity contribution in [3.63, 3.8) is 0 Å². The molecule has 2 aliphatic heterocycles. The van der Waals surface area contributed by atoms with Crippen LogP contribution in [0, 0.1) is 5.92 Å². The summed E-state index contributed by atoms with van der Waals surface area (Å²) in [7, 11) is 0. The lowest BCUT2D eigenvalue weighted by Gasteiger charge is -2.19. The van der Waals surface area contributed by atoms with Gasteiger partial charge >= 0.3 is 6.03 Å². The molecule has 1 saturated heterocycles. The zero-order valence-electron chi connectivity index (χ0n) is 11.9. The van der Waals surface area contributed by atoms with Gasteiger partial charge in [-0.05, 0) is 24.1 Å². The number of carbonyl (C=O) groups excluding carboxylic acids is 1. The predicted octanol–water partition coefficient (Wildman–Crippen LogP) is 1.29. The summed E-state index contributed by atoms with van der Waals surface area (Å²) >= 11 is 0. The molecule has 3 rings (SSSR count). The summed E-state index contributed by atoms with van der Waals surface area (Å²) in [5.74, 6) is 1.93. The molecule has 0 saturated carbocycles. The highest BCUT2D eigenvalue weighted by Gasteiger charge is 2.16. The van der Waals surface area contributed by atoms with Crippen molar-refractivity contribution in [2.24, 2.45) is 5.92 Å². The molecule has 0 spiro atoms. The van der Waals surface area contributed by atoms with Crippen LogP contribution >= 0.6 is 0 Å². The molecular weight excluding hydrogens is 272 g/mol. The van der Waals surface area contributed by atoms with E-state index in [9.17, 15) is 4.79 Å². The lowest BCUT2D eigenvalue weighted by molar-refractivity contribution is 0.171. The van der Waals surface area contributed by atoms with Crippen LogP contribution in [0.5, 0.6) is 11.5 Å². The van der Waals surface area contributed by atoms with Crippen LogP contribution in [0.15, 0.2) is 18.2 Å². The van der Waals surface area contributed by atoms with Crippen LogP contribution < -0.4 is 20.1 Å². The molecule has 2 heterocycles. The maximum Gasteiger partial charge on any atom is 0.315 e. The third kappa shape index (κ3) is 3.78. The highest BCUT2D eigenvalue weighted by molar-refractivity contribution is 5.73. The molecule has 21 heavy (non-hydrogen) atoms. The Hall–Kier alpha value is -1.95. The van der Waals surface area contributed by atoms with E-state index in [4.69, 9.17) is 14.2 Å². The van der Waals surface area contributed by atoms with Gasteiger partial charge in [0, 0.05) is 25.6 Å². The molecule has 0 unspecified atom stereocenters. The van der Waals surface area contributed by atoms with Crippen molar-refractivity contribution < 1.29 is 19.0 Å². The van der Waals surface area contributed by atoms with E-state index in [1.807, 2.05) is 18.2 Å². The first-order valence-electron chi connectivity index (χ1n) is 7.29. The van der Waals surface area contributed by atoms with Gasteiger partial charge in [-0.15, -0.1) is 0 Å². The van der Waals surface area contributed by atoms with E-state index < -0.39 is 0 Å². The van der Waals surface area contributed by atoms with E-state index in [1.54, 1.807) is 0 Å². The first-order chi connectivity index (χ1) is 10.3. The van der Waals surface area contributed by atoms with Crippen molar-refractivity contribution in [2.75, 3.05) is 33.0 Å². The van der Waals surface area contributed by atoms with E-state index in [2.05, 4.69) is 10.6 Å². The smallest absolute Gasteiger partial charge is 0.315 e. The third-order valence-electron chi connectivity index (χ3n) is 3.63. The van der Waals surface area contributed by atoms with Crippen LogP contribution in [-0.4, -0.2) is 39.0 Å². The SMILES string of the molecule is O=C(NCc1ccc2c(c1)OCCO2)NC[C@H]1CCOC1.